The number of alkyl halides is 3. The second-order valence-corrected chi connectivity index (χ2v) is 12.6. The monoisotopic (exact) mass is 615 g/mol. The van der Waals surface area contributed by atoms with E-state index in [4.69, 9.17) is 0 Å². The average molecular weight is 616 g/mol. The van der Waals surface area contributed by atoms with E-state index in [1.807, 2.05) is 18.7 Å². The number of benzene rings is 1. The largest absolute Gasteiger partial charge is 0.419 e. The number of rotatable bonds is 10. The minimum atomic E-state index is -4.61. The van der Waals surface area contributed by atoms with Crippen LogP contribution in [-0.4, -0.2) is 94.9 Å². The molecule has 3 aliphatic rings. The molecule has 3 heterocycles. The molecule has 2 atom stereocenters. The predicted octanol–water partition coefficient (Wildman–Crippen LogP) is 4.58. The first-order chi connectivity index (χ1) is 21.1. The van der Waals surface area contributed by atoms with E-state index in [2.05, 4.69) is 30.4 Å². The van der Waals surface area contributed by atoms with Gasteiger partial charge in [0.05, 0.1) is 11.3 Å². The van der Waals surface area contributed by atoms with E-state index in [1.54, 1.807) is 24.3 Å². The van der Waals surface area contributed by atoms with E-state index in [1.165, 1.54) is 25.9 Å². The lowest BCUT2D eigenvalue weighted by molar-refractivity contribution is -0.138. The van der Waals surface area contributed by atoms with Gasteiger partial charge in [-0.2, -0.15) is 13.2 Å². The van der Waals surface area contributed by atoms with Crippen molar-refractivity contribution >= 4 is 23.5 Å². The van der Waals surface area contributed by atoms with Gasteiger partial charge in [0.15, 0.2) is 0 Å². The lowest BCUT2D eigenvalue weighted by atomic mass is 9.89. The number of hydrogen-bond acceptors (Lipinski definition) is 7. The number of carbonyl (C=O) groups is 2. The Labute approximate surface area is 257 Å². The molecule has 9 nitrogen and oxygen atoms in total. The smallest absolute Gasteiger partial charge is 0.354 e. The standard InChI is InChI=1S/C32H44F3N7O2/c1-22(2)37-29(43)26-7-5-6-24(26)20-28-27(32(33,34)35)21-36-31(39-28)38-25-10-8-23(9-11-25)30(44)42-18-16-41(17-19-42)15-14-40-12-3-4-13-40/h8-11,21-22,24,26H,3-7,12-20H2,1-2H3,(H,37,43)(H,36,38,39)/t24-,26-/m0/s1. The molecular formula is C32H44F3N7O2. The number of nitrogens with zero attached hydrogens (tertiary/aromatic N) is 5. The fourth-order valence-corrected chi connectivity index (χ4v) is 6.61. The summed E-state index contributed by atoms with van der Waals surface area (Å²) in [4.78, 5) is 40.8. The first-order valence-electron chi connectivity index (χ1n) is 15.9. The van der Waals surface area contributed by atoms with E-state index >= 15 is 0 Å². The van der Waals surface area contributed by atoms with Crippen molar-refractivity contribution in [2.45, 2.75) is 64.6 Å². The number of anilines is 2. The van der Waals surface area contributed by atoms with Crippen molar-refractivity contribution in [2.24, 2.45) is 11.8 Å². The summed E-state index contributed by atoms with van der Waals surface area (Å²) in [6.07, 6.45) is 0.934. The Balaban J connectivity index is 1.19. The maximum Gasteiger partial charge on any atom is 0.419 e. The highest BCUT2D eigenvalue weighted by molar-refractivity contribution is 5.94. The Morgan fingerprint density at radius 3 is 2.23 bits per heavy atom. The van der Waals surface area contributed by atoms with E-state index in [9.17, 15) is 22.8 Å². The highest BCUT2D eigenvalue weighted by atomic mass is 19.4. The fraction of sp³-hybridized carbons (Fsp3) is 0.625. The van der Waals surface area contributed by atoms with Gasteiger partial charge >= 0.3 is 6.18 Å². The third kappa shape index (κ3) is 8.26. The van der Waals surface area contributed by atoms with Gasteiger partial charge in [0.2, 0.25) is 11.9 Å². The van der Waals surface area contributed by atoms with Gasteiger partial charge in [0.25, 0.3) is 5.91 Å². The number of carbonyl (C=O) groups excluding carboxylic acids is 2. The maximum absolute atomic E-state index is 13.9. The van der Waals surface area contributed by atoms with E-state index < -0.39 is 11.7 Å². The first-order valence-corrected chi connectivity index (χ1v) is 15.9. The van der Waals surface area contributed by atoms with Crippen LogP contribution in [-0.2, 0) is 17.4 Å². The summed E-state index contributed by atoms with van der Waals surface area (Å²) in [7, 11) is 0. The summed E-state index contributed by atoms with van der Waals surface area (Å²) in [6.45, 7) is 11.3. The Morgan fingerprint density at radius 2 is 1.59 bits per heavy atom. The Bertz CT molecular complexity index is 1270. The zero-order chi connectivity index (χ0) is 31.3. The molecule has 2 aliphatic heterocycles. The summed E-state index contributed by atoms with van der Waals surface area (Å²) in [6, 6.07) is 6.82. The Kier molecular flexibility index (Phi) is 10.4. The third-order valence-electron chi connectivity index (χ3n) is 9.03. The molecule has 12 heteroatoms. The third-order valence-corrected chi connectivity index (χ3v) is 9.03. The molecule has 2 aromatic rings. The highest BCUT2D eigenvalue weighted by Gasteiger charge is 2.39. The van der Waals surface area contributed by atoms with Crippen LogP contribution in [0.1, 0.15) is 67.6 Å². The molecule has 1 aliphatic carbocycles. The molecule has 1 aromatic heterocycles. The van der Waals surface area contributed by atoms with Crippen molar-refractivity contribution in [3.05, 3.63) is 47.3 Å². The molecule has 1 saturated carbocycles. The van der Waals surface area contributed by atoms with E-state index in [0.717, 1.165) is 38.8 Å². The van der Waals surface area contributed by atoms with Crippen molar-refractivity contribution in [3.8, 4) is 0 Å². The Morgan fingerprint density at radius 1 is 0.932 bits per heavy atom. The van der Waals surface area contributed by atoms with Crippen LogP contribution in [0.2, 0.25) is 0 Å². The van der Waals surface area contributed by atoms with Crippen molar-refractivity contribution in [1.82, 2.24) is 30.0 Å². The molecule has 2 amide bonds. The average Bonchev–Trinajstić information content (AvgIpc) is 3.68. The van der Waals surface area contributed by atoms with Crippen LogP contribution in [0.3, 0.4) is 0 Å². The predicted molar refractivity (Wildman–Crippen MR) is 163 cm³/mol. The molecule has 3 fully saturated rings. The van der Waals surface area contributed by atoms with Gasteiger partial charge in [-0.1, -0.05) is 6.42 Å². The van der Waals surface area contributed by atoms with Gasteiger partial charge in [-0.3, -0.25) is 14.5 Å². The number of hydrogen-bond donors (Lipinski definition) is 2. The van der Waals surface area contributed by atoms with E-state index in [-0.39, 0.29) is 47.8 Å². The number of amides is 2. The van der Waals surface area contributed by atoms with Gasteiger partial charge in [-0.15, -0.1) is 0 Å². The molecule has 5 rings (SSSR count). The minimum Gasteiger partial charge on any atom is -0.354 e. The zero-order valence-electron chi connectivity index (χ0n) is 25.7. The normalized spacial score (nSPS) is 21.6. The number of nitrogens with one attached hydrogen (secondary N) is 2. The van der Waals surface area contributed by atoms with Gasteiger partial charge in [0, 0.05) is 68.7 Å². The van der Waals surface area contributed by atoms with Crippen molar-refractivity contribution in [1.29, 1.82) is 0 Å². The van der Waals surface area contributed by atoms with Crippen LogP contribution in [0.4, 0.5) is 24.8 Å². The van der Waals surface area contributed by atoms with Gasteiger partial charge in [-0.05, 0) is 89.2 Å². The quantitative estimate of drug-likeness (QED) is 0.405. The van der Waals surface area contributed by atoms with Crippen LogP contribution < -0.4 is 10.6 Å². The van der Waals surface area contributed by atoms with Gasteiger partial charge in [-0.25, -0.2) is 9.97 Å². The number of halogens is 3. The number of likely N-dealkylation sites (tertiary alicyclic amines) is 1. The topological polar surface area (TPSA) is 93.7 Å². The zero-order valence-corrected chi connectivity index (χ0v) is 25.7. The molecule has 0 unspecified atom stereocenters. The summed E-state index contributed by atoms with van der Waals surface area (Å²) in [5.41, 5.74) is 0.127. The summed E-state index contributed by atoms with van der Waals surface area (Å²) in [5.74, 6) is -0.671. The molecule has 0 spiro atoms. The second kappa shape index (κ2) is 14.2. The maximum atomic E-state index is 13.9. The van der Waals surface area contributed by atoms with Crippen molar-refractivity contribution in [2.75, 3.05) is 57.7 Å². The van der Waals surface area contributed by atoms with Crippen molar-refractivity contribution in [3.63, 3.8) is 0 Å². The summed E-state index contributed by atoms with van der Waals surface area (Å²) < 4.78 is 41.7. The number of aromatic nitrogens is 2. The van der Waals surface area contributed by atoms with Crippen LogP contribution in [0.5, 0.6) is 0 Å². The highest BCUT2D eigenvalue weighted by Crippen LogP contribution is 2.38. The van der Waals surface area contributed by atoms with Crippen LogP contribution in [0, 0.1) is 11.8 Å². The molecule has 0 radical (unpaired) electrons. The lowest BCUT2D eigenvalue weighted by Gasteiger charge is -2.35. The van der Waals surface area contributed by atoms with Gasteiger partial charge < -0.3 is 20.4 Å². The molecule has 0 bridgehead atoms. The van der Waals surface area contributed by atoms with Crippen LogP contribution in [0.25, 0.3) is 0 Å². The van der Waals surface area contributed by atoms with E-state index in [0.29, 0.717) is 37.2 Å². The van der Waals surface area contributed by atoms with Crippen molar-refractivity contribution < 1.29 is 22.8 Å². The lowest BCUT2D eigenvalue weighted by Crippen LogP contribution is -2.50. The Hall–Kier alpha value is -3.25. The minimum absolute atomic E-state index is 0.0311. The van der Waals surface area contributed by atoms with Gasteiger partial charge in [0.1, 0.15) is 0 Å². The SMILES string of the molecule is CC(C)NC(=O)[C@H]1CCC[C@H]1Cc1nc(Nc2ccc(C(=O)N3CCN(CCN4CCCC4)CC3)cc2)ncc1C(F)(F)F. The molecule has 1 aromatic carbocycles. The molecular weight excluding hydrogens is 571 g/mol. The van der Waals surface area contributed by atoms with Crippen LogP contribution >= 0.6 is 0 Å². The second-order valence-electron chi connectivity index (χ2n) is 12.6. The fourth-order valence-electron chi connectivity index (χ4n) is 6.61. The summed E-state index contributed by atoms with van der Waals surface area (Å²) in [5, 5.41) is 5.89. The number of piperazine rings is 1. The molecule has 240 valence electrons. The van der Waals surface area contributed by atoms with Crippen LogP contribution in [0.15, 0.2) is 30.5 Å². The summed E-state index contributed by atoms with van der Waals surface area (Å²) >= 11 is 0. The molecule has 2 saturated heterocycles. The first kappa shape index (κ1) is 32.2. The molecule has 44 heavy (non-hydrogen) atoms. The molecule has 2 N–H and O–H groups in total.